The van der Waals surface area contributed by atoms with Gasteiger partial charge in [-0.25, -0.2) is 0 Å². The van der Waals surface area contributed by atoms with E-state index in [4.69, 9.17) is 0 Å². The fraction of sp³-hybridized carbons (Fsp3) is 0.510. The lowest BCUT2D eigenvalue weighted by Crippen LogP contribution is -2.63. The molecule has 270 valence electrons. The quantitative estimate of drug-likeness (QED) is 0.174. The molecule has 3 unspecified atom stereocenters. The van der Waals surface area contributed by atoms with Crippen LogP contribution in [0, 0.1) is 11.8 Å². The number of hydrogen-bond acceptors (Lipinski definition) is 2. The molecule has 3 saturated carbocycles. The van der Waals surface area contributed by atoms with Crippen molar-refractivity contribution in [1.29, 1.82) is 0 Å². The summed E-state index contributed by atoms with van der Waals surface area (Å²) in [4.78, 5) is 5.60. The van der Waals surface area contributed by atoms with Crippen LogP contribution in [-0.4, -0.2) is 12.8 Å². The van der Waals surface area contributed by atoms with E-state index in [0.717, 1.165) is 11.8 Å². The zero-order valence-electron chi connectivity index (χ0n) is 33.6. The smallest absolute Gasteiger partial charge is 0.252 e. The van der Waals surface area contributed by atoms with E-state index >= 15 is 0 Å². The first-order valence-electron chi connectivity index (χ1n) is 20.8. The first-order chi connectivity index (χ1) is 24.7. The Balaban J connectivity index is 1.36. The van der Waals surface area contributed by atoms with E-state index in [1.165, 1.54) is 114 Å². The van der Waals surface area contributed by atoms with Gasteiger partial charge in [0.25, 0.3) is 6.71 Å². The predicted molar refractivity (Wildman–Crippen MR) is 226 cm³/mol. The highest BCUT2D eigenvalue weighted by Gasteiger charge is 2.49. The molecule has 3 heteroatoms. The van der Waals surface area contributed by atoms with E-state index in [0.29, 0.717) is 12.0 Å². The Kier molecular flexibility index (Phi) is 7.94. The van der Waals surface area contributed by atoms with Crippen molar-refractivity contribution in [3.63, 3.8) is 0 Å². The van der Waals surface area contributed by atoms with Gasteiger partial charge in [0.1, 0.15) is 0 Å². The molecule has 3 fully saturated rings. The number of fused-ring (bicyclic) bond motifs is 6. The van der Waals surface area contributed by atoms with Gasteiger partial charge in [-0.15, -0.1) is 0 Å². The molecule has 0 N–H and O–H groups in total. The molecule has 0 radical (unpaired) electrons. The lowest BCUT2D eigenvalue weighted by molar-refractivity contribution is 0.413. The van der Waals surface area contributed by atoms with Crippen LogP contribution in [0.3, 0.4) is 0 Å². The molecule has 0 spiro atoms. The fourth-order valence-electron chi connectivity index (χ4n) is 10.9. The number of benzene rings is 4. The number of nitrogens with zero attached hydrogens (tertiary/aromatic N) is 2. The monoisotopic (exact) mass is 688 g/mol. The largest absolute Gasteiger partial charge is 0.339 e. The van der Waals surface area contributed by atoms with Gasteiger partial charge in [-0.2, -0.15) is 0 Å². The standard InChI is InChI=1S/C49H61BN2/c1-47(2,3)35-17-21-38(22-18-35)51-41-23-19-36(48(4,5)6)29-39(41)50-40-30-37(49(7,8)9)20-24-42(40)52(43-26-31-15-16-33(43)25-31)45-28-34(27-44(51)46(45)50)32-13-11-10-12-14-32/h17-24,27-33,43H,10-16,25-26H2,1-9H3. The first-order valence-corrected chi connectivity index (χ1v) is 20.8. The van der Waals surface area contributed by atoms with Crippen molar-refractivity contribution in [2.45, 2.75) is 148 Å². The molecule has 3 atom stereocenters. The molecule has 2 heterocycles. The molecule has 9 rings (SSSR count). The Labute approximate surface area is 315 Å². The second-order valence-corrected chi connectivity index (χ2v) is 20.5. The zero-order chi connectivity index (χ0) is 36.3. The maximum atomic E-state index is 2.92. The SMILES string of the molecule is CC(C)(C)c1ccc(N2c3ccc(C(C)(C)C)cc3B3c4cc(C(C)(C)C)ccc4N(C4CC5CCC4C5)c4cc(C5CCCCC5)cc2c43)cc1. The summed E-state index contributed by atoms with van der Waals surface area (Å²) in [6.45, 7) is 21.5. The minimum atomic E-state index is 0.0576. The van der Waals surface area contributed by atoms with E-state index in [9.17, 15) is 0 Å². The highest BCUT2D eigenvalue weighted by Crippen LogP contribution is 2.52. The van der Waals surface area contributed by atoms with Gasteiger partial charge in [0.2, 0.25) is 0 Å². The molecule has 0 saturated heterocycles. The zero-order valence-corrected chi connectivity index (χ0v) is 33.6. The number of anilines is 5. The molecule has 0 amide bonds. The van der Waals surface area contributed by atoms with Crippen molar-refractivity contribution in [1.82, 2.24) is 0 Å². The Hall–Kier alpha value is -3.46. The summed E-state index contributed by atoms with van der Waals surface area (Å²) in [5, 5.41) is 0. The molecule has 52 heavy (non-hydrogen) atoms. The van der Waals surface area contributed by atoms with Crippen LogP contribution >= 0.6 is 0 Å². The van der Waals surface area contributed by atoms with E-state index < -0.39 is 0 Å². The van der Waals surface area contributed by atoms with Crippen LogP contribution in [0.15, 0.2) is 72.8 Å². The van der Waals surface area contributed by atoms with Crippen molar-refractivity contribution < 1.29 is 0 Å². The molecule has 4 aromatic carbocycles. The Bertz CT molecular complexity index is 2010. The lowest BCUT2D eigenvalue weighted by Gasteiger charge is -2.48. The lowest BCUT2D eigenvalue weighted by atomic mass is 9.33. The van der Waals surface area contributed by atoms with Crippen LogP contribution in [-0.2, 0) is 16.2 Å². The summed E-state index contributed by atoms with van der Waals surface area (Å²) in [5.74, 6) is 2.31. The maximum absolute atomic E-state index is 2.92. The molecular weight excluding hydrogens is 627 g/mol. The number of rotatable bonds is 3. The molecule has 4 aromatic rings. The van der Waals surface area contributed by atoms with Crippen LogP contribution in [0.1, 0.15) is 148 Å². The summed E-state index contributed by atoms with van der Waals surface area (Å²) in [6.07, 6.45) is 12.3. The average Bonchev–Trinajstić information content (AvgIpc) is 3.74. The van der Waals surface area contributed by atoms with Crippen LogP contribution in [0.25, 0.3) is 0 Å². The molecule has 2 nitrogen and oxygen atoms in total. The van der Waals surface area contributed by atoms with Crippen LogP contribution in [0.2, 0.25) is 0 Å². The van der Waals surface area contributed by atoms with Crippen molar-refractivity contribution in [3.8, 4) is 0 Å². The van der Waals surface area contributed by atoms with Crippen molar-refractivity contribution >= 4 is 51.5 Å². The van der Waals surface area contributed by atoms with Gasteiger partial charge in [-0.3, -0.25) is 0 Å². The van der Waals surface area contributed by atoms with Gasteiger partial charge >= 0.3 is 0 Å². The van der Waals surface area contributed by atoms with E-state index in [1.54, 1.807) is 11.0 Å². The topological polar surface area (TPSA) is 6.48 Å². The van der Waals surface area contributed by atoms with Crippen molar-refractivity contribution in [2.75, 3.05) is 9.80 Å². The molecule has 2 aliphatic heterocycles. The Morgan fingerprint density at radius 2 is 1.12 bits per heavy atom. The second kappa shape index (κ2) is 12.0. The Morgan fingerprint density at radius 3 is 1.69 bits per heavy atom. The third-order valence-corrected chi connectivity index (χ3v) is 14.0. The average molecular weight is 689 g/mol. The van der Waals surface area contributed by atoms with Gasteiger partial charge < -0.3 is 9.80 Å². The highest BCUT2D eigenvalue weighted by molar-refractivity contribution is 7.00. The van der Waals surface area contributed by atoms with Gasteiger partial charge in [0.05, 0.1) is 0 Å². The third-order valence-electron chi connectivity index (χ3n) is 14.0. The van der Waals surface area contributed by atoms with Gasteiger partial charge in [-0.05, 0) is 141 Å². The summed E-state index contributed by atoms with van der Waals surface area (Å²) < 4.78 is 0. The highest BCUT2D eigenvalue weighted by atomic mass is 15.2. The maximum Gasteiger partial charge on any atom is 0.252 e. The molecule has 2 bridgehead atoms. The van der Waals surface area contributed by atoms with Gasteiger partial charge in [0.15, 0.2) is 0 Å². The molecule has 0 aromatic heterocycles. The van der Waals surface area contributed by atoms with Crippen molar-refractivity contribution in [2.24, 2.45) is 11.8 Å². The molecular formula is C49H61BN2. The summed E-state index contributed by atoms with van der Waals surface area (Å²) >= 11 is 0. The third kappa shape index (κ3) is 5.58. The predicted octanol–water partition coefficient (Wildman–Crippen LogP) is 11.6. The normalized spacial score (nSPS) is 22.8. The summed E-state index contributed by atoms with van der Waals surface area (Å²) in [7, 11) is 0. The van der Waals surface area contributed by atoms with E-state index in [1.807, 2.05) is 0 Å². The second-order valence-electron chi connectivity index (χ2n) is 20.5. The van der Waals surface area contributed by atoms with E-state index in [2.05, 4.69) is 145 Å². The minimum Gasteiger partial charge on any atom is -0.339 e. The van der Waals surface area contributed by atoms with Crippen LogP contribution in [0.5, 0.6) is 0 Å². The number of hydrogen-bond donors (Lipinski definition) is 0. The molecule has 5 aliphatic rings. The van der Waals surface area contributed by atoms with Gasteiger partial charge in [0, 0.05) is 34.5 Å². The van der Waals surface area contributed by atoms with Crippen LogP contribution in [0.4, 0.5) is 28.4 Å². The summed E-state index contributed by atoms with van der Waals surface area (Å²) in [5.41, 5.74) is 17.6. The Morgan fingerprint density at radius 1 is 0.538 bits per heavy atom. The van der Waals surface area contributed by atoms with Crippen molar-refractivity contribution in [3.05, 3.63) is 95.1 Å². The molecule has 3 aliphatic carbocycles. The van der Waals surface area contributed by atoms with Crippen LogP contribution < -0.4 is 26.2 Å². The first kappa shape index (κ1) is 34.3. The summed E-state index contributed by atoms with van der Waals surface area (Å²) in [6, 6.07) is 30.7. The fourth-order valence-corrected chi connectivity index (χ4v) is 10.9. The van der Waals surface area contributed by atoms with Gasteiger partial charge in [-0.1, -0.05) is 124 Å². The van der Waals surface area contributed by atoms with E-state index in [-0.39, 0.29) is 23.0 Å². The minimum absolute atomic E-state index is 0.0576.